The van der Waals surface area contributed by atoms with E-state index in [1.54, 1.807) is 0 Å². The Bertz CT molecular complexity index is 466. The number of aryl methyl sites for hydroxylation is 1. The maximum absolute atomic E-state index is 12.4. The number of amides is 1. The van der Waals surface area contributed by atoms with Crippen LogP contribution in [0.2, 0.25) is 0 Å². The summed E-state index contributed by atoms with van der Waals surface area (Å²) in [6, 6.07) is -0.169. The molecule has 2 atom stereocenters. The number of ether oxygens (including phenoxy) is 1. The zero-order valence-electron chi connectivity index (χ0n) is 13.9. The van der Waals surface area contributed by atoms with Gasteiger partial charge in [-0.25, -0.2) is 4.98 Å². The molecule has 0 bridgehead atoms. The average Bonchev–Trinajstić information content (AvgIpc) is 2.77. The number of carbonyl (C=O) groups excluding carboxylic acids is 1. The lowest BCUT2D eigenvalue weighted by atomic mass is 10.1. The summed E-state index contributed by atoms with van der Waals surface area (Å²) in [5, 5.41) is 9.94. The third kappa shape index (κ3) is 4.80. The van der Waals surface area contributed by atoms with E-state index in [4.69, 9.17) is 4.74 Å². The van der Waals surface area contributed by atoms with E-state index < -0.39 is 6.10 Å². The fourth-order valence-corrected chi connectivity index (χ4v) is 2.88. The van der Waals surface area contributed by atoms with E-state index in [0.29, 0.717) is 5.82 Å². The van der Waals surface area contributed by atoms with E-state index in [2.05, 4.69) is 20.5 Å². The van der Waals surface area contributed by atoms with Crippen LogP contribution in [0, 0.1) is 6.92 Å². The van der Waals surface area contributed by atoms with Crippen LogP contribution in [0.1, 0.15) is 76.5 Å². The molecule has 1 aromatic heterocycles. The van der Waals surface area contributed by atoms with Crippen molar-refractivity contribution in [1.82, 2.24) is 20.5 Å². The Morgan fingerprint density at radius 1 is 1.36 bits per heavy atom. The number of aromatic amines is 1. The van der Waals surface area contributed by atoms with E-state index >= 15 is 0 Å². The molecule has 0 unspecified atom stereocenters. The van der Waals surface area contributed by atoms with Gasteiger partial charge in [0.2, 0.25) is 5.91 Å². The first-order valence-electron chi connectivity index (χ1n) is 8.45. The SMILES string of the molecule is CC[C@H](NC(=O)[C@H](C)OC1CCCCCC1)c1n[nH]c(C)n1. The van der Waals surface area contributed by atoms with Gasteiger partial charge in [-0.15, -0.1) is 0 Å². The average molecular weight is 308 g/mol. The van der Waals surface area contributed by atoms with Crippen LogP contribution in [0.25, 0.3) is 0 Å². The molecule has 1 aromatic rings. The molecule has 2 N–H and O–H groups in total. The zero-order valence-corrected chi connectivity index (χ0v) is 13.9. The van der Waals surface area contributed by atoms with Crippen LogP contribution >= 0.6 is 0 Å². The minimum Gasteiger partial charge on any atom is -0.365 e. The van der Waals surface area contributed by atoms with Crippen molar-refractivity contribution in [3.05, 3.63) is 11.6 Å². The van der Waals surface area contributed by atoms with Crippen LogP contribution < -0.4 is 5.32 Å². The molecule has 0 spiro atoms. The predicted molar refractivity (Wildman–Crippen MR) is 84.3 cm³/mol. The second kappa shape index (κ2) is 8.27. The monoisotopic (exact) mass is 308 g/mol. The minimum absolute atomic E-state index is 0.0847. The number of rotatable bonds is 6. The molecule has 6 nitrogen and oxygen atoms in total. The largest absolute Gasteiger partial charge is 0.365 e. The second-order valence-corrected chi connectivity index (χ2v) is 6.14. The number of aromatic nitrogens is 3. The summed E-state index contributed by atoms with van der Waals surface area (Å²) in [5.41, 5.74) is 0. The molecule has 1 aliphatic rings. The Labute approximate surface area is 132 Å². The quantitative estimate of drug-likeness (QED) is 0.792. The summed E-state index contributed by atoms with van der Waals surface area (Å²) in [7, 11) is 0. The molecule has 0 aliphatic heterocycles. The van der Waals surface area contributed by atoms with Crippen LogP contribution in [-0.2, 0) is 9.53 Å². The Morgan fingerprint density at radius 3 is 2.59 bits per heavy atom. The van der Waals surface area contributed by atoms with Gasteiger partial charge in [-0.1, -0.05) is 32.6 Å². The smallest absolute Gasteiger partial charge is 0.249 e. The Balaban J connectivity index is 1.86. The molecule has 0 aromatic carbocycles. The number of carbonyl (C=O) groups is 1. The highest BCUT2D eigenvalue weighted by Crippen LogP contribution is 2.21. The molecule has 1 amide bonds. The first-order chi connectivity index (χ1) is 10.6. The molecule has 22 heavy (non-hydrogen) atoms. The van der Waals surface area contributed by atoms with Gasteiger partial charge in [-0.05, 0) is 33.1 Å². The summed E-state index contributed by atoms with van der Waals surface area (Å²) >= 11 is 0. The predicted octanol–water partition coefficient (Wildman–Crippen LogP) is 2.81. The Hall–Kier alpha value is -1.43. The summed E-state index contributed by atoms with van der Waals surface area (Å²) in [5.74, 6) is 1.30. The molecule has 1 aliphatic carbocycles. The molecule has 6 heteroatoms. The highest BCUT2D eigenvalue weighted by molar-refractivity contribution is 5.80. The topological polar surface area (TPSA) is 79.9 Å². The van der Waals surface area contributed by atoms with Crippen LogP contribution in [0.4, 0.5) is 0 Å². The molecule has 2 rings (SSSR count). The fourth-order valence-electron chi connectivity index (χ4n) is 2.88. The standard InChI is InChI=1S/C16H28N4O2/c1-4-14(15-17-12(3)19-20-15)18-16(21)11(2)22-13-9-7-5-6-8-10-13/h11,13-14H,4-10H2,1-3H3,(H,18,21)(H,17,19,20)/t11-,14-/m0/s1. The highest BCUT2D eigenvalue weighted by atomic mass is 16.5. The van der Waals surface area contributed by atoms with Gasteiger partial charge in [0.15, 0.2) is 5.82 Å². The van der Waals surface area contributed by atoms with E-state index in [-0.39, 0.29) is 18.1 Å². The number of H-pyrrole nitrogens is 1. The van der Waals surface area contributed by atoms with Crippen molar-refractivity contribution in [2.45, 2.75) is 84.0 Å². The van der Waals surface area contributed by atoms with Gasteiger partial charge in [0.05, 0.1) is 12.1 Å². The van der Waals surface area contributed by atoms with Gasteiger partial charge in [0.25, 0.3) is 0 Å². The van der Waals surface area contributed by atoms with E-state index in [1.165, 1.54) is 25.7 Å². The van der Waals surface area contributed by atoms with Gasteiger partial charge in [-0.2, -0.15) is 5.10 Å². The molecular formula is C16H28N4O2. The molecule has 124 valence electrons. The first-order valence-corrected chi connectivity index (χ1v) is 8.45. The highest BCUT2D eigenvalue weighted by Gasteiger charge is 2.24. The normalized spacial score (nSPS) is 19.4. The summed E-state index contributed by atoms with van der Waals surface area (Å²) < 4.78 is 5.96. The maximum atomic E-state index is 12.4. The van der Waals surface area contributed by atoms with Crippen LogP contribution in [0.5, 0.6) is 0 Å². The fraction of sp³-hybridized carbons (Fsp3) is 0.812. The van der Waals surface area contributed by atoms with Crippen molar-refractivity contribution < 1.29 is 9.53 Å². The third-order valence-corrected chi connectivity index (χ3v) is 4.22. The van der Waals surface area contributed by atoms with Gasteiger partial charge in [0.1, 0.15) is 11.9 Å². The molecule has 0 radical (unpaired) electrons. The van der Waals surface area contributed by atoms with Crippen molar-refractivity contribution in [3.8, 4) is 0 Å². The lowest BCUT2D eigenvalue weighted by Gasteiger charge is -2.22. The zero-order chi connectivity index (χ0) is 15.9. The molecule has 1 heterocycles. The number of hydrogen-bond acceptors (Lipinski definition) is 4. The van der Waals surface area contributed by atoms with Crippen LogP contribution in [0.15, 0.2) is 0 Å². The van der Waals surface area contributed by atoms with E-state index in [1.807, 2.05) is 20.8 Å². The summed E-state index contributed by atoms with van der Waals surface area (Å²) in [4.78, 5) is 16.7. The maximum Gasteiger partial charge on any atom is 0.249 e. The van der Waals surface area contributed by atoms with Gasteiger partial charge >= 0.3 is 0 Å². The summed E-state index contributed by atoms with van der Waals surface area (Å²) in [6.07, 6.45) is 7.63. The molecule has 1 saturated carbocycles. The number of nitrogens with one attached hydrogen (secondary N) is 2. The van der Waals surface area contributed by atoms with E-state index in [9.17, 15) is 4.79 Å². The van der Waals surface area contributed by atoms with Crippen molar-refractivity contribution >= 4 is 5.91 Å². The summed E-state index contributed by atoms with van der Waals surface area (Å²) in [6.45, 7) is 5.69. The molecule has 1 fully saturated rings. The van der Waals surface area contributed by atoms with Gasteiger partial charge < -0.3 is 10.1 Å². The van der Waals surface area contributed by atoms with Crippen molar-refractivity contribution in [3.63, 3.8) is 0 Å². The van der Waals surface area contributed by atoms with Gasteiger partial charge in [-0.3, -0.25) is 9.89 Å². The van der Waals surface area contributed by atoms with Crippen molar-refractivity contribution in [2.75, 3.05) is 0 Å². The lowest BCUT2D eigenvalue weighted by molar-refractivity contribution is -0.136. The van der Waals surface area contributed by atoms with Crippen LogP contribution in [-0.4, -0.2) is 33.3 Å². The second-order valence-electron chi connectivity index (χ2n) is 6.14. The molecule has 0 saturated heterocycles. The van der Waals surface area contributed by atoms with E-state index in [0.717, 1.165) is 25.1 Å². The minimum atomic E-state index is -0.433. The lowest BCUT2D eigenvalue weighted by Crippen LogP contribution is -2.39. The van der Waals surface area contributed by atoms with Crippen molar-refractivity contribution in [2.24, 2.45) is 0 Å². The Morgan fingerprint density at radius 2 is 2.05 bits per heavy atom. The van der Waals surface area contributed by atoms with Crippen LogP contribution in [0.3, 0.4) is 0 Å². The third-order valence-electron chi connectivity index (χ3n) is 4.22. The van der Waals surface area contributed by atoms with Gasteiger partial charge in [0, 0.05) is 0 Å². The number of hydrogen-bond donors (Lipinski definition) is 2. The van der Waals surface area contributed by atoms with Crippen molar-refractivity contribution in [1.29, 1.82) is 0 Å². The number of nitrogens with zero attached hydrogens (tertiary/aromatic N) is 2. The first kappa shape index (κ1) is 16.9. The molecular weight excluding hydrogens is 280 g/mol. The Kier molecular flexibility index (Phi) is 6.36.